The molecular weight excluding hydrogens is 214 g/mol. The number of hydrogen-bond donors (Lipinski definition) is 3. The first-order valence-corrected chi connectivity index (χ1v) is 5.37. The molecule has 2 aromatic heterocycles. The summed E-state index contributed by atoms with van der Waals surface area (Å²) in [5, 5.41) is 3.24. The van der Waals surface area contributed by atoms with Gasteiger partial charge in [0.15, 0.2) is 0 Å². The topological polar surface area (TPSA) is 89.8 Å². The Morgan fingerprint density at radius 2 is 1.29 bits per heavy atom. The number of nitrogens with one attached hydrogen (secondary N) is 1. The lowest BCUT2D eigenvalue weighted by Crippen LogP contribution is -2.15. The van der Waals surface area contributed by atoms with Crippen LogP contribution >= 0.6 is 0 Å². The summed E-state index contributed by atoms with van der Waals surface area (Å²) in [4.78, 5) is 8.38. The van der Waals surface area contributed by atoms with Gasteiger partial charge in [-0.25, -0.2) is 9.97 Å². The van der Waals surface area contributed by atoms with Gasteiger partial charge in [0.2, 0.25) is 0 Å². The molecule has 5 heteroatoms. The van der Waals surface area contributed by atoms with E-state index in [2.05, 4.69) is 15.3 Å². The lowest BCUT2D eigenvalue weighted by molar-refractivity contribution is 0.669. The molecule has 2 aromatic rings. The van der Waals surface area contributed by atoms with Gasteiger partial charge in [-0.15, -0.1) is 0 Å². The van der Waals surface area contributed by atoms with Crippen LogP contribution in [0.25, 0.3) is 0 Å². The highest BCUT2D eigenvalue weighted by atomic mass is 14.9. The predicted molar refractivity (Wildman–Crippen MR) is 67.8 cm³/mol. The fourth-order valence-electron chi connectivity index (χ4n) is 1.51. The second-order valence-corrected chi connectivity index (χ2v) is 3.71. The molecule has 0 saturated heterocycles. The quantitative estimate of drug-likeness (QED) is 0.725. The molecule has 17 heavy (non-hydrogen) atoms. The predicted octanol–water partition coefficient (Wildman–Crippen LogP) is 0.931. The molecule has 0 unspecified atom stereocenters. The molecule has 88 valence electrons. The highest BCUT2D eigenvalue weighted by Gasteiger charge is 1.97. The first kappa shape index (κ1) is 11.3. The van der Waals surface area contributed by atoms with Crippen molar-refractivity contribution in [2.24, 2.45) is 0 Å². The zero-order valence-corrected chi connectivity index (χ0v) is 9.43. The van der Waals surface area contributed by atoms with E-state index in [1.54, 1.807) is 12.1 Å². The van der Waals surface area contributed by atoms with Gasteiger partial charge in [-0.2, -0.15) is 0 Å². The van der Waals surface area contributed by atoms with E-state index in [0.717, 1.165) is 11.4 Å². The van der Waals surface area contributed by atoms with Gasteiger partial charge in [-0.3, -0.25) is 0 Å². The van der Waals surface area contributed by atoms with Gasteiger partial charge >= 0.3 is 0 Å². The van der Waals surface area contributed by atoms with E-state index in [1.807, 2.05) is 24.3 Å². The maximum atomic E-state index is 5.59. The number of anilines is 2. The molecular formula is C12H15N5. The Balaban J connectivity index is 1.87. The van der Waals surface area contributed by atoms with Gasteiger partial charge < -0.3 is 16.8 Å². The van der Waals surface area contributed by atoms with Crippen LogP contribution in [-0.2, 0) is 13.1 Å². The summed E-state index contributed by atoms with van der Waals surface area (Å²) >= 11 is 0. The third-order valence-electron chi connectivity index (χ3n) is 2.27. The average molecular weight is 229 g/mol. The SMILES string of the molecule is Nc1cccc(CNCc2cccc(N)n2)n1. The van der Waals surface area contributed by atoms with Crippen molar-refractivity contribution < 1.29 is 0 Å². The first-order valence-electron chi connectivity index (χ1n) is 5.37. The Kier molecular flexibility index (Phi) is 3.52. The molecule has 0 amide bonds. The van der Waals surface area contributed by atoms with Crippen LogP contribution in [0.3, 0.4) is 0 Å². The summed E-state index contributed by atoms with van der Waals surface area (Å²) < 4.78 is 0. The maximum Gasteiger partial charge on any atom is 0.123 e. The lowest BCUT2D eigenvalue weighted by atomic mass is 10.3. The summed E-state index contributed by atoms with van der Waals surface area (Å²) in [6.07, 6.45) is 0. The molecule has 0 aliphatic carbocycles. The van der Waals surface area contributed by atoms with Crippen LogP contribution in [0.2, 0.25) is 0 Å². The van der Waals surface area contributed by atoms with Crippen molar-refractivity contribution in [3.05, 3.63) is 47.8 Å². The third-order valence-corrected chi connectivity index (χ3v) is 2.27. The highest BCUT2D eigenvalue weighted by Crippen LogP contribution is 2.02. The molecule has 0 bridgehead atoms. The van der Waals surface area contributed by atoms with Crippen molar-refractivity contribution in [2.75, 3.05) is 11.5 Å². The Hall–Kier alpha value is -2.14. The normalized spacial score (nSPS) is 10.4. The Labute approximate surface area is 99.9 Å². The van der Waals surface area contributed by atoms with E-state index >= 15 is 0 Å². The van der Waals surface area contributed by atoms with Crippen LogP contribution in [0.4, 0.5) is 11.6 Å². The minimum Gasteiger partial charge on any atom is -0.384 e. The van der Waals surface area contributed by atoms with Gasteiger partial charge in [0.1, 0.15) is 11.6 Å². The van der Waals surface area contributed by atoms with Gasteiger partial charge in [0.25, 0.3) is 0 Å². The van der Waals surface area contributed by atoms with Crippen LogP contribution in [0, 0.1) is 0 Å². The fourth-order valence-corrected chi connectivity index (χ4v) is 1.51. The van der Waals surface area contributed by atoms with Crippen LogP contribution in [0.1, 0.15) is 11.4 Å². The van der Waals surface area contributed by atoms with E-state index in [4.69, 9.17) is 11.5 Å². The summed E-state index contributed by atoms with van der Waals surface area (Å²) in [7, 11) is 0. The molecule has 5 N–H and O–H groups in total. The van der Waals surface area contributed by atoms with Gasteiger partial charge in [-0.05, 0) is 24.3 Å². The molecule has 2 rings (SSSR count). The summed E-state index contributed by atoms with van der Waals surface area (Å²) in [6.45, 7) is 1.31. The average Bonchev–Trinajstić information content (AvgIpc) is 2.29. The van der Waals surface area contributed by atoms with Crippen LogP contribution in [-0.4, -0.2) is 9.97 Å². The summed E-state index contributed by atoms with van der Waals surface area (Å²) in [6, 6.07) is 11.2. The monoisotopic (exact) mass is 229 g/mol. The van der Waals surface area contributed by atoms with Crippen molar-refractivity contribution >= 4 is 11.6 Å². The van der Waals surface area contributed by atoms with E-state index in [0.29, 0.717) is 24.7 Å². The van der Waals surface area contributed by atoms with E-state index in [1.165, 1.54) is 0 Å². The van der Waals surface area contributed by atoms with Crippen LogP contribution in [0.15, 0.2) is 36.4 Å². The molecule has 2 heterocycles. The van der Waals surface area contributed by atoms with Gasteiger partial charge in [0, 0.05) is 13.1 Å². The van der Waals surface area contributed by atoms with E-state index < -0.39 is 0 Å². The van der Waals surface area contributed by atoms with E-state index in [9.17, 15) is 0 Å². The zero-order valence-electron chi connectivity index (χ0n) is 9.43. The number of nitrogen functional groups attached to an aromatic ring is 2. The van der Waals surface area contributed by atoms with Crippen molar-refractivity contribution in [2.45, 2.75) is 13.1 Å². The Bertz CT molecular complexity index is 452. The Morgan fingerprint density at radius 3 is 1.71 bits per heavy atom. The molecule has 0 saturated carbocycles. The Morgan fingerprint density at radius 1 is 0.824 bits per heavy atom. The molecule has 0 spiro atoms. The molecule has 0 atom stereocenters. The highest BCUT2D eigenvalue weighted by molar-refractivity contribution is 5.29. The summed E-state index contributed by atoms with van der Waals surface area (Å²) in [5.74, 6) is 1.07. The van der Waals surface area contributed by atoms with Crippen molar-refractivity contribution in [1.29, 1.82) is 0 Å². The van der Waals surface area contributed by atoms with Crippen LogP contribution in [0.5, 0.6) is 0 Å². The number of rotatable bonds is 4. The van der Waals surface area contributed by atoms with Gasteiger partial charge in [-0.1, -0.05) is 12.1 Å². The molecule has 0 aliphatic heterocycles. The van der Waals surface area contributed by atoms with Crippen molar-refractivity contribution in [3.8, 4) is 0 Å². The number of aromatic nitrogens is 2. The molecule has 0 aliphatic rings. The second-order valence-electron chi connectivity index (χ2n) is 3.71. The minimum absolute atomic E-state index is 0.534. The molecule has 5 nitrogen and oxygen atoms in total. The number of pyridine rings is 2. The van der Waals surface area contributed by atoms with Crippen molar-refractivity contribution in [3.63, 3.8) is 0 Å². The summed E-state index contributed by atoms with van der Waals surface area (Å²) in [5.41, 5.74) is 13.0. The standard InChI is InChI=1S/C12H15N5/c13-11-5-1-3-9(16-11)7-15-8-10-4-2-6-12(14)17-10/h1-6,15H,7-8H2,(H2,13,16)(H2,14,17). The molecule has 0 radical (unpaired) electrons. The van der Waals surface area contributed by atoms with Crippen LogP contribution < -0.4 is 16.8 Å². The molecule has 0 fully saturated rings. The van der Waals surface area contributed by atoms with E-state index in [-0.39, 0.29) is 0 Å². The minimum atomic E-state index is 0.534. The van der Waals surface area contributed by atoms with Crippen molar-refractivity contribution in [1.82, 2.24) is 15.3 Å². The zero-order chi connectivity index (χ0) is 12.1. The smallest absolute Gasteiger partial charge is 0.123 e. The van der Waals surface area contributed by atoms with Gasteiger partial charge in [0.05, 0.1) is 11.4 Å². The first-order chi connectivity index (χ1) is 8.24. The fraction of sp³-hybridized carbons (Fsp3) is 0.167. The number of hydrogen-bond acceptors (Lipinski definition) is 5. The second kappa shape index (κ2) is 5.27. The maximum absolute atomic E-state index is 5.59. The number of nitrogens with zero attached hydrogens (tertiary/aromatic N) is 2. The molecule has 0 aromatic carbocycles. The number of nitrogens with two attached hydrogens (primary N) is 2. The largest absolute Gasteiger partial charge is 0.384 e. The third kappa shape index (κ3) is 3.42. The lowest BCUT2D eigenvalue weighted by Gasteiger charge is -2.05.